The molecule has 0 aromatic heterocycles. The van der Waals surface area contributed by atoms with Gasteiger partial charge in [0.15, 0.2) is 0 Å². The van der Waals surface area contributed by atoms with Gasteiger partial charge in [-0.2, -0.15) is 0 Å². The fourth-order valence-corrected chi connectivity index (χ4v) is 5.23. The molecule has 0 heterocycles. The highest BCUT2D eigenvalue weighted by Gasteiger charge is 2.30. The Morgan fingerprint density at radius 2 is 1.51 bits per heavy atom. The molecule has 5 nitrogen and oxygen atoms in total. The zero-order valence-electron chi connectivity index (χ0n) is 21.1. The van der Waals surface area contributed by atoms with E-state index in [1.54, 1.807) is 36.4 Å². The van der Waals surface area contributed by atoms with Crippen LogP contribution in [0.2, 0.25) is 0 Å². The number of rotatable bonds is 11. The van der Waals surface area contributed by atoms with E-state index in [0.717, 1.165) is 51.6 Å². The molecule has 0 spiro atoms. The normalized spacial score (nSPS) is 11.3. The summed E-state index contributed by atoms with van der Waals surface area (Å²) in [5.41, 5.74) is 4.54. The number of hydrogen-bond acceptors (Lipinski definition) is 4. The number of carbonyl (C=O) groups excluding carboxylic acids is 1. The van der Waals surface area contributed by atoms with Crippen molar-refractivity contribution in [3.05, 3.63) is 89.0 Å². The zero-order chi connectivity index (χ0) is 25.4. The first kappa shape index (κ1) is 26.5. The van der Waals surface area contributed by atoms with Crippen molar-refractivity contribution in [3.8, 4) is 5.75 Å². The summed E-state index contributed by atoms with van der Waals surface area (Å²) in [4.78, 5) is 13.4. The lowest BCUT2D eigenvalue weighted by atomic mass is 10.1. The number of hydrogen-bond donors (Lipinski definition) is 0. The molecule has 0 saturated heterocycles. The Balaban J connectivity index is 1.79. The minimum atomic E-state index is -4.06. The number of amides is 1. The average Bonchev–Trinajstić information content (AvgIpc) is 2.83. The van der Waals surface area contributed by atoms with Crippen LogP contribution in [0, 0.1) is 20.8 Å². The molecule has 3 aromatic carbocycles. The molecule has 0 aliphatic carbocycles. The predicted molar refractivity (Wildman–Crippen MR) is 142 cm³/mol. The standard InChI is InChI=1S/C29H35NO4S/c1-5-6-8-25-14-16-26(17-15-25)30(35(32,33)27-18-11-22(2)12-19-27)29(31)9-7-20-34-28-21-23(3)10-13-24(28)4/h10-19,21H,5-9,20H2,1-4H3. The van der Waals surface area contributed by atoms with Crippen LogP contribution in [-0.2, 0) is 21.2 Å². The van der Waals surface area contributed by atoms with E-state index in [9.17, 15) is 13.2 Å². The Kier molecular flexibility index (Phi) is 9.10. The van der Waals surface area contributed by atoms with E-state index in [2.05, 4.69) is 6.92 Å². The van der Waals surface area contributed by atoms with Crippen molar-refractivity contribution >= 4 is 21.6 Å². The molecule has 0 aliphatic rings. The number of nitrogens with zero attached hydrogens (tertiary/aromatic N) is 1. The molecule has 0 radical (unpaired) electrons. The van der Waals surface area contributed by atoms with Gasteiger partial charge in [0.1, 0.15) is 5.75 Å². The molecule has 0 unspecified atom stereocenters. The maximum Gasteiger partial charge on any atom is 0.270 e. The second kappa shape index (κ2) is 12.0. The molecule has 3 rings (SSSR count). The van der Waals surface area contributed by atoms with Crippen LogP contribution in [0.4, 0.5) is 5.69 Å². The lowest BCUT2D eigenvalue weighted by molar-refractivity contribution is -0.117. The second-order valence-corrected chi connectivity index (χ2v) is 10.8. The first-order valence-corrected chi connectivity index (χ1v) is 13.6. The Morgan fingerprint density at radius 1 is 0.857 bits per heavy atom. The van der Waals surface area contributed by atoms with Gasteiger partial charge in [-0.15, -0.1) is 0 Å². The quantitative estimate of drug-likeness (QED) is 0.285. The SMILES string of the molecule is CCCCc1ccc(N(C(=O)CCCOc2cc(C)ccc2C)S(=O)(=O)c2ccc(C)cc2)cc1. The summed E-state index contributed by atoms with van der Waals surface area (Å²) < 4.78 is 33.9. The summed E-state index contributed by atoms with van der Waals surface area (Å²) in [6.07, 6.45) is 3.52. The Hall–Kier alpha value is -3.12. The molecule has 0 fully saturated rings. The highest BCUT2D eigenvalue weighted by molar-refractivity contribution is 7.93. The molecule has 3 aromatic rings. The third kappa shape index (κ3) is 6.95. The van der Waals surface area contributed by atoms with E-state index >= 15 is 0 Å². The molecule has 0 saturated carbocycles. The minimum absolute atomic E-state index is 0.0491. The predicted octanol–water partition coefficient (Wildman–Crippen LogP) is 6.54. The van der Waals surface area contributed by atoms with Crippen LogP contribution >= 0.6 is 0 Å². The third-order valence-corrected chi connectivity index (χ3v) is 7.67. The maximum absolute atomic E-state index is 13.6. The third-order valence-electron chi connectivity index (χ3n) is 5.91. The highest BCUT2D eigenvalue weighted by atomic mass is 32.2. The van der Waals surface area contributed by atoms with E-state index in [-0.39, 0.29) is 11.3 Å². The maximum atomic E-state index is 13.6. The lowest BCUT2D eigenvalue weighted by Crippen LogP contribution is -2.37. The number of sulfonamides is 1. The summed E-state index contributed by atoms with van der Waals surface area (Å²) in [6, 6.07) is 19.8. The first-order valence-electron chi connectivity index (χ1n) is 12.2. The van der Waals surface area contributed by atoms with Gasteiger partial charge in [-0.3, -0.25) is 4.79 Å². The molecule has 0 atom stereocenters. The van der Waals surface area contributed by atoms with E-state index < -0.39 is 15.9 Å². The van der Waals surface area contributed by atoms with Crippen molar-refractivity contribution in [2.45, 2.75) is 64.7 Å². The van der Waals surface area contributed by atoms with Crippen molar-refractivity contribution < 1.29 is 17.9 Å². The molecule has 35 heavy (non-hydrogen) atoms. The number of ether oxygens (including phenoxy) is 1. The van der Waals surface area contributed by atoms with Gasteiger partial charge in [0.25, 0.3) is 10.0 Å². The largest absolute Gasteiger partial charge is 0.493 e. The van der Waals surface area contributed by atoms with Gasteiger partial charge in [-0.05, 0) is 87.1 Å². The lowest BCUT2D eigenvalue weighted by Gasteiger charge is -2.23. The minimum Gasteiger partial charge on any atom is -0.493 e. The van der Waals surface area contributed by atoms with E-state index in [1.807, 2.05) is 51.1 Å². The van der Waals surface area contributed by atoms with Crippen molar-refractivity contribution in [1.82, 2.24) is 0 Å². The molecule has 0 bridgehead atoms. The van der Waals surface area contributed by atoms with Gasteiger partial charge in [-0.1, -0.05) is 55.3 Å². The van der Waals surface area contributed by atoms with Crippen molar-refractivity contribution in [1.29, 1.82) is 0 Å². The molecular formula is C29H35NO4S. The highest BCUT2D eigenvalue weighted by Crippen LogP contribution is 2.26. The second-order valence-electron chi connectivity index (χ2n) is 8.97. The Morgan fingerprint density at radius 3 is 2.17 bits per heavy atom. The Labute approximate surface area is 209 Å². The van der Waals surface area contributed by atoms with Crippen LogP contribution in [0.5, 0.6) is 5.75 Å². The summed E-state index contributed by atoms with van der Waals surface area (Å²) in [5.74, 6) is 0.306. The van der Waals surface area contributed by atoms with Crippen molar-refractivity contribution in [2.75, 3.05) is 10.9 Å². The molecule has 0 N–H and O–H groups in total. The van der Waals surface area contributed by atoms with Gasteiger partial charge in [0.2, 0.25) is 5.91 Å². The summed E-state index contributed by atoms with van der Waals surface area (Å²) in [6.45, 7) is 8.32. The molecule has 0 aliphatic heterocycles. The van der Waals surface area contributed by atoms with Crippen LogP contribution < -0.4 is 9.04 Å². The smallest absolute Gasteiger partial charge is 0.270 e. The Bertz CT molecular complexity index is 1230. The van der Waals surface area contributed by atoms with E-state index in [1.165, 1.54) is 0 Å². The molecular weight excluding hydrogens is 458 g/mol. The van der Waals surface area contributed by atoms with Gasteiger partial charge in [-0.25, -0.2) is 12.7 Å². The van der Waals surface area contributed by atoms with Crippen molar-refractivity contribution in [3.63, 3.8) is 0 Å². The van der Waals surface area contributed by atoms with E-state index in [4.69, 9.17) is 4.74 Å². The number of aryl methyl sites for hydroxylation is 4. The fraction of sp³-hybridized carbons (Fsp3) is 0.345. The summed E-state index contributed by atoms with van der Waals surface area (Å²) in [5, 5.41) is 0. The van der Waals surface area contributed by atoms with Crippen LogP contribution in [0.3, 0.4) is 0 Å². The van der Waals surface area contributed by atoms with E-state index in [0.29, 0.717) is 18.7 Å². The molecule has 6 heteroatoms. The van der Waals surface area contributed by atoms with Gasteiger partial charge >= 0.3 is 0 Å². The monoisotopic (exact) mass is 493 g/mol. The van der Waals surface area contributed by atoms with Crippen LogP contribution in [-0.4, -0.2) is 20.9 Å². The number of unbranched alkanes of at least 4 members (excludes halogenated alkanes) is 1. The van der Waals surface area contributed by atoms with Crippen LogP contribution in [0.15, 0.2) is 71.6 Å². The number of benzene rings is 3. The molecule has 186 valence electrons. The fourth-order valence-electron chi connectivity index (χ4n) is 3.78. The van der Waals surface area contributed by atoms with Gasteiger partial charge in [0.05, 0.1) is 17.2 Å². The van der Waals surface area contributed by atoms with Crippen molar-refractivity contribution in [2.24, 2.45) is 0 Å². The topological polar surface area (TPSA) is 63.7 Å². The average molecular weight is 494 g/mol. The van der Waals surface area contributed by atoms with Gasteiger partial charge in [0, 0.05) is 6.42 Å². The number of anilines is 1. The number of carbonyl (C=O) groups is 1. The zero-order valence-corrected chi connectivity index (χ0v) is 21.9. The molecule has 1 amide bonds. The summed E-state index contributed by atoms with van der Waals surface area (Å²) >= 11 is 0. The summed E-state index contributed by atoms with van der Waals surface area (Å²) in [7, 11) is -4.06. The van der Waals surface area contributed by atoms with Gasteiger partial charge < -0.3 is 4.74 Å². The first-order chi connectivity index (χ1) is 16.7. The van der Waals surface area contributed by atoms with Crippen LogP contribution in [0.25, 0.3) is 0 Å². The van der Waals surface area contributed by atoms with Crippen LogP contribution in [0.1, 0.15) is 54.9 Å².